The van der Waals surface area contributed by atoms with Crippen LogP contribution in [-0.4, -0.2) is 15.9 Å². The van der Waals surface area contributed by atoms with Crippen LogP contribution in [0.1, 0.15) is 33.0 Å². The van der Waals surface area contributed by atoms with E-state index in [9.17, 15) is 4.79 Å². The van der Waals surface area contributed by atoms with Crippen molar-refractivity contribution in [1.82, 2.24) is 9.97 Å². The number of aryl methyl sites for hydroxylation is 3. The minimum Gasteiger partial charge on any atom is -0.339 e. The number of nitrogens with zero attached hydrogens (tertiary/aromatic N) is 3. The fraction of sp³-hybridized carbons (Fsp3) is 0.143. The molecule has 0 saturated carbocycles. The van der Waals surface area contributed by atoms with Gasteiger partial charge in [0.2, 0.25) is 0 Å². The molecule has 0 fully saturated rings. The molecular formula is C21H18ClN5O. The highest BCUT2D eigenvalue weighted by Crippen LogP contribution is 2.30. The minimum atomic E-state index is -0.393. The van der Waals surface area contributed by atoms with Crippen molar-refractivity contribution in [2.24, 2.45) is 0 Å². The van der Waals surface area contributed by atoms with Gasteiger partial charge < -0.3 is 10.6 Å². The van der Waals surface area contributed by atoms with E-state index in [1.54, 1.807) is 37.3 Å². The Labute approximate surface area is 168 Å². The molecule has 6 nitrogen and oxygen atoms in total. The molecule has 7 heteroatoms. The van der Waals surface area contributed by atoms with Gasteiger partial charge in [-0.05, 0) is 56.2 Å². The maximum absolute atomic E-state index is 12.6. The maximum Gasteiger partial charge on any atom is 0.274 e. The molecule has 1 heterocycles. The number of nitriles is 1. The van der Waals surface area contributed by atoms with Crippen LogP contribution in [0.15, 0.2) is 42.5 Å². The number of amides is 1. The number of aromatic nitrogens is 2. The van der Waals surface area contributed by atoms with E-state index in [1.807, 2.05) is 32.0 Å². The Morgan fingerprint density at radius 3 is 2.61 bits per heavy atom. The van der Waals surface area contributed by atoms with Gasteiger partial charge in [-0.1, -0.05) is 23.7 Å². The van der Waals surface area contributed by atoms with Crippen molar-refractivity contribution < 1.29 is 4.79 Å². The van der Waals surface area contributed by atoms with E-state index >= 15 is 0 Å². The van der Waals surface area contributed by atoms with Gasteiger partial charge in [-0.2, -0.15) is 5.26 Å². The van der Waals surface area contributed by atoms with Gasteiger partial charge in [0.05, 0.1) is 22.3 Å². The lowest BCUT2D eigenvalue weighted by Gasteiger charge is -2.13. The van der Waals surface area contributed by atoms with Crippen LogP contribution in [0.25, 0.3) is 0 Å². The van der Waals surface area contributed by atoms with Gasteiger partial charge in [-0.15, -0.1) is 0 Å². The smallest absolute Gasteiger partial charge is 0.274 e. The van der Waals surface area contributed by atoms with Crippen molar-refractivity contribution in [2.75, 3.05) is 10.6 Å². The molecule has 0 aliphatic heterocycles. The van der Waals surface area contributed by atoms with E-state index in [1.165, 1.54) is 0 Å². The molecular weight excluding hydrogens is 374 g/mol. The van der Waals surface area contributed by atoms with Gasteiger partial charge in [0, 0.05) is 11.8 Å². The Morgan fingerprint density at radius 2 is 1.89 bits per heavy atom. The van der Waals surface area contributed by atoms with Gasteiger partial charge >= 0.3 is 0 Å². The number of nitrogens with one attached hydrogen (secondary N) is 2. The molecule has 0 spiro atoms. The second-order valence-electron chi connectivity index (χ2n) is 6.40. The molecule has 0 aliphatic carbocycles. The number of carbonyl (C=O) groups is 1. The van der Waals surface area contributed by atoms with Crippen LogP contribution in [0.2, 0.25) is 5.02 Å². The number of hydrogen-bond acceptors (Lipinski definition) is 5. The van der Waals surface area contributed by atoms with Crippen LogP contribution >= 0.6 is 11.6 Å². The summed E-state index contributed by atoms with van der Waals surface area (Å²) in [6, 6.07) is 14.2. The molecule has 3 rings (SSSR count). The Balaban J connectivity index is 1.87. The summed E-state index contributed by atoms with van der Waals surface area (Å²) in [5.74, 6) is 0.523. The molecule has 0 unspecified atom stereocenters. The first-order chi connectivity index (χ1) is 13.4. The molecule has 0 radical (unpaired) electrons. The van der Waals surface area contributed by atoms with Crippen LogP contribution in [0.3, 0.4) is 0 Å². The molecule has 0 aliphatic rings. The minimum absolute atomic E-state index is 0.207. The molecule has 2 aromatic carbocycles. The second kappa shape index (κ2) is 8.07. The van der Waals surface area contributed by atoms with Crippen molar-refractivity contribution in [3.63, 3.8) is 0 Å². The molecule has 140 valence electrons. The van der Waals surface area contributed by atoms with Crippen LogP contribution in [0.5, 0.6) is 0 Å². The van der Waals surface area contributed by atoms with E-state index in [2.05, 4.69) is 20.6 Å². The summed E-state index contributed by atoms with van der Waals surface area (Å²) < 4.78 is 0. The standard InChI is InChI=1S/C21H18ClN5O/c1-12-7-13(2)20(17(22)8-12)27-19-10-18(24-14(3)25-19)21(28)26-16-6-4-5-15(9-16)11-23/h4-10H,1-3H3,(H,26,28)(H,24,25,27). The van der Waals surface area contributed by atoms with Crippen molar-refractivity contribution in [2.45, 2.75) is 20.8 Å². The fourth-order valence-corrected chi connectivity index (χ4v) is 3.18. The van der Waals surface area contributed by atoms with Gasteiger partial charge in [0.25, 0.3) is 5.91 Å². The van der Waals surface area contributed by atoms with E-state index in [-0.39, 0.29) is 5.69 Å². The Kier molecular flexibility index (Phi) is 5.57. The molecule has 3 aromatic rings. The number of anilines is 3. The predicted octanol–water partition coefficient (Wildman–Crippen LogP) is 4.92. The molecule has 0 bridgehead atoms. The molecule has 2 N–H and O–H groups in total. The Hall–Kier alpha value is -3.43. The topological polar surface area (TPSA) is 90.7 Å². The van der Waals surface area contributed by atoms with Crippen LogP contribution < -0.4 is 10.6 Å². The quantitative estimate of drug-likeness (QED) is 0.658. The lowest BCUT2D eigenvalue weighted by molar-refractivity contribution is 0.102. The number of halogens is 1. The Morgan fingerprint density at radius 1 is 1.11 bits per heavy atom. The summed E-state index contributed by atoms with van der Waals surface area (Å²) in [5, 5.41) is 15.5. The first-order valence-corrected chi connectivity index (χ1v) is 8.94. The predicted molar refractivity (Wildman–Crippen MR) is 110 cm³/mol. The highest BCUT2D eigenvalue weighted by Gasteiger charge is 2.13. The third-order valence-electron chi connectivity index (χ3n) is 4.00. The van der Waals surface area contributed by atoms with Crippen LogP contribution in [0.4, 0.5) is 17.2 Å². The van der Waals surface area contributed by atoms with E-state index in [4.69, 9.17) is 16.9 Å². The van der Waals surface area contributed by atoms with Gasteiger partial charge in [0.1, 0.15) is 17.3 Å². The summed E-state index contributed by atoms with van der Waals surface area (Å²) in [4.78, 5) is 21.2. The van der Waals surface area contributed by atoms with Crippen molar-refractivity contribution in [3.8, 4) is 6.07 Å². The SMILES string of the molecule is Cc1cc(C)c(Nc2cc(C(=O)Nc3cccc(C#N)c3)nc(C)n2)c(Cl)c1. The average molecular weight is 392 g/mol. The number of hydrogen-bond donors (Lipinski definition) is 2. The second-order valence-corrected chi connectivity index (χ2v) is 6.80. The number of benzene rings is 2. The first kappa shape index (κ1) is 19.3. The lowest BCUT2D eigenvalue weighted by Crippen LogP contribution is -2.15. The summed E-state index contributed by atoms with van der Waals surface area (Å²) in [5.41, 5.74) is 3.96. The van der Waals surface area contributed by atoms with Gasteiger partial charge in [0.15, 0.2) is 0 Å². The first-order valence-electron chi connectivity index (χ1n) is 8.56. The van der Waals surface area contributed by atoms with Gasteiger partial charge in [-0.25, -0.2) is 9.97 Å². The molecule has 0 atom stereocenters. The summed E-state index contributed by atoms with van der Waals surface area (Å²) in [6.07, 6.45) is 0. The van der Waals surface area contributed by atoms with E-state index in [0.29, 0.717) is 27.9 Å². The van der Waals surface area contributed by atoms with Crippen molar-refractivity contribution in [3.05, 3.63) is 75.7 Å². The number of carbonyl (C=O) groups excluding carboxylic acids is 1. The largest absolute Gasteiger partial charge is 0.339 e. The van der Waals surface area contributed by atoms with Crippen LogP contribution in [0, 0.1) is 32.1 Å². The van der Waals surface area contributed by atoms with Crippen molar-refractivity contribution >= 4 is 34.7 Å². The van der Waals surface area contributed by atoms with Gasteiger partial charge in [-0.3, -0.25) is 4.79 Å². The Bertz CT molecular complexity index is 1080. The highest BCUT2D eigenvalue weighted by molar-refractivity contribution is 6.33. The third-order valence-corrected chi connectivity index (χ3v) is 4.30. The zero-order valence-electron chi connectivity index (χ0n) is 15.7. The lowest BCUT2D eigenvalue weighted by atomic mass is 10.1. The van der Waals surface area contributed by atoms with Crippen LogP contribution in [-0.2, 0) is 0 Å². The third kappa shape index (κ3) is 4.45. The van der Waals surface area contributed by atoms with E-state index < -0.39 is 5.91 Å². The average Bonchev–Trinajstić information content (AvgIpc) is 2.64. The maximum atomic E-state index is 12.6. The molecule has 28 heavy (non-hydrogen) atoms. The zero-order chi connectivity index (χ0) is 20.3. The van der Waals surface area contributed by atoms with E-state index in [0.717, 1.165) is 16.8 Å². The normalized spacial score (nSPS) is 10.2. The highest BCUT2D eigenvalue weighted by atomic mass is 35.5. The molecule has 1 aromatic heterocycles. The summed E-state index contributed by atoms with van der Waals surface area (Å²) in [7, 11) is 0. The van der Waals surface area contributed by atoms with Crippen molar-refractivity contribution in [1.29, 1.82) is 5.26 Å². The summed E-state index contributed by atoms with van der Waals surface area (Å²) in [6.45, 7) is 5.63. The summed E-state index contributed by atoms with van der Waals surface area (Å²) >= 11 is 6.35. The zero-order valence-corrected chi connectivity index (χ0v) is 16.4. The fourth-order valence-electron chi connectivity index (χ4n) is 2.81. The number of rotatable bonds is 4. The monoisotopic (exact) mass is 391 g/mol. The molecule has 0 saturated heterocycles. The molecule has 1 amide bonds.